The molecule has 0 aliphatic heterocycles. The molecule has 1 saturated carbocycles. The molecule has 2 aromatic heterocycles. The Morgan fingerprint density at radius 2 is 2.00 bits per heavy atom. The molecule has 0 radical (unpaired) electrons. The molecule has 5 rings (SSSR count). The Morgan fingerprint density at radius 3 is 2.74 bits per heavy atom. The number of ketones is 1. The topological polar surface area (TPSA) is 52.0 Å². The van der Waals surface area contributed by atoms with Crippen LogP contribution in [0.25, 0.3) is 11.3 Å². The fourth-order valence-corrected chi connectivity index (χ4v) is 6.87. The van der Waals surface area contributed by atoms with Crippen LogP contribution in [0.15, 0.2) is 51.7 Å². The molecule has 6 heteroatoms. The predicted molar refractivity (Wildman–Crippen MR) is 127 cm³/mol. The van der Waals surface area contributed by atoms with Crippen molar-refractivity contribution in [3.63, 3.8) is 0 Å². The summed E-state index contributed by atoms with van der Waals surface area (Å²) in [5, 5.41) is 2.58. The van der Waals surface area contributed by atoms with E-state index in [4.69, 9.17) is 4.98 Å². The summed E-state index contributed by atoms with van der Waals surface area (Å²) in [6.45, 7) is 2.71. The van der Waals surface area contributed by atoms with Gasteiger partial charge in [0, 0.05) is 17.5 Å². The number of fused-ring (bicyclic) bond motifs is 4. The first-order valence-corrected chi connectivity index (χ1v) is 12.9. The van der Waals surface area contributed by atoms with Gasteiger partial charge in [0.15, 0.2) is 10.9 Å². The van der Waals surface area contributed by atoms with Crippen molar-refractivity contribution in [2.75, 3.05) is 5.75 Å². The van der Waals surface area contributed by atoms with Gasteiger partial charge in [0.05, 0.1) is 21.9 Å². The van der Waals surface area contributed by atoms with Gasteiger partial charge in [-0.2, -0.15) is 0 Å². The van der Waals surface area contributed by atoms with E-state index in [0.29, 0.717) is 17.5 Å². The lowest BCUT2D eigenvalue weighted by molar-refractivity contribution is 0.102. The van der Waals surface area contributed by atoms with Crippen LogP contribution in [-0.4, -0.2) is 21.1 Å². The average molecular weight is 451 g/mol. The van der Waals surface area contributed by atoms with E-state index in [1.165, 1.54) is 41.5 Å². The fourth-order valence-electron chi connectivity index (χ4n) is 5.21. The van der Waals surface area contributed by atoms with Crippen molar-refractivity contribution >= 4 is 28.9 Å². The molecule has 1 aromatic carbocycles. The molecule has 0 N–H and O–H groups in total. The third-order valence-electron chi connectivity index (χ3n) is 6.60. The van der Waals surface area contributed by atoms with E-state index >= 15 is 0 Å². The smallest absolute Gasteiger partial charge is 0.258 e. The minimum atomic E-state index is -0.0841. The number of hydrogen-bond donors (Lipinski definition) is 0. The zero-order valence-corrected chi connectivity index (χ0v) is 19.4. The molecule has 160 valence electrons. The van der Waals surface area contributed by atoms with Crippen LogP contribution in [0, 0.1) is 0 Å². The van der Waals surface area contributed by atoms with Crippen LogP contribution in [0.1, 0.15) is 59.8 Å². The molecule has 4 nitrogen and oxygen atoms in total. The van der Waals surface area contributed by atoms with E-state index in [0.717, 1.165) is 47.4 Å². The highest BCUT2D eigenvalue weighted by Gasteiger charge is 2.44. The van der Waals surface area contributed by atoms with E-state index in [1.807, 2.05) is 28.1 Å². The fraction of sp³-hybridized carbons (Fsp3) is 0.400. The highest BCUT2D eigenvalue weighted by atomic mass is 32.2. The van der Waals surface area contributed by atoms with Crippen LogP contribution in [-0.2, 0) is 18.4 Å². The lowest BCUT2D eigenvalue weighted by atomic mass is 9.68. The normalized spacial score (nSPS) is 16.3. The first kappa shape index (κ1) is 20.7. The molecular weight excluding hydrogens is 424 g/mol. The van der Waals surface area contributed by atoms with Gasteiger partial charge < -0.3 is 0 Å². The summed E-state index contributed by atoms with van der Waals surface area (Å²) in [5.74, 6) is 0.380. The highest BCUT2D eigenvalue weighted by Crippen LogP contribution is 2.49. The molecule has 1 fully saturated rings. The molecule has 2 heterocycles. The SMILES string of the molecule is CCCn1c(SCC(=O)c2cccs2)nc2c(c1=O)C1(CCCC1)Cc1ccccc1-2. The Labute approximate surface area is 190 Å². The van der Waals surface area contributed by atoms with Crippen LogP contribution in [0.3, 0.4) is 0 Å². The van der Waals surface area contributed by atoms with Gasteiger partial charge in [-0.05, 0) is 42.7 Å². The van der Waals surface area contributed by atoms with Gasteiger partial charge in [-0.3, -0.25) is 14.2 Å². The molecule has 2 aliphatic rings. The third kappa shape index (κ3) is 3.60. The number of thioether (sulfide) groups is 1. The van der Waals surface area contributed by atoms with Crippen LogP contribution in [0.5, 0.6) is 0 Å². The number of rotatable bonds is 6. The standard InChI is InChI=1S/C25H26N2O2S2/c1-2-13-27-23(29)21-22(26-24(27)31-16-19(28)20-10-7-14-30-20)18-9-4-3-8-17(18)15-25(21)11-5-6-12-25/h3-4,7-10,14H,2,5-6,11-13,15-16H2,1H3. The minimum Gasteiger partial charge on any atom is -0.292 e. The zero-order valence-electron chi connectivity index (χ0n) is 17.7. The molecule has 0 amide bonds. The minimum absolute atomic E-state index is 0.0841. The van der Waals surface area contributed by atoms with Gasteiger partial charge in [0.2, 0.25) is 0 Å². The molecule has 0 bridgehead atoms. The first-order valence-electron chi connectivity index (χ1n) is 11.1. The number of hydrogen-bond acceptors (Lipinski definition) is 5. The lowest BCUT2D eigenvalue weighted by Gasteiger charge is -2.36. The van der Waals surface area contributed by atoms with Crippen LogP contribution in [0.4, 0.5) is 0 Å². The number of carbonyl (C=O) groups is 1. The molecular formula is C25H26N2O2S2. The Bertz CT molecular complexity index is 1170. The number of Topliss-reactive ketones (excluding diaryl/α,β-unsaturated/α-hetero) is 1. The number of benzene rings is 1. The van der Waals surface area contributed by atoms with E-state index in [-0.39, 0.29) is 16.8 Å². The van der Waals surface area contributed by atoms with Gasteiger partial charge in [-0.15, -0.1) is 11.3 Å². The Hall–Kier alpha value is -2.18. The summed E-state index contributed by atoms with van der Waals surface area (Å²) in [7, 11) is 0. The maximum atomic E-state index is 13.9. The van der Waals surface area contributed by atoms with Crippen molar-refractivity contribution < 1.29 is 4.79 Å². The molecule has 1 spiro atoms. The largest absolute Gasteiger partial charge is 0.292 e. The zero-order chi connectivity index (χ0) is 21.4. The Kier molecular flexibility index (Phi) is 5.61. The summed E-state index contributed by atoms with van der Waals surface area (Å²) >= 11 is 2.85. The molecule has 0 unspecified atom stereocenters. The van der Waals surface area contributed by atoms with Gasteiger partial charge in [-0.25, -0.2) is 4.98 Å². The predicted octanol–water partition coefficient (Wildman–Crippen LogP) is 5.72. The monoisotopic (exact) mass is 450 g/mol. The second kappa shape index (κ2) is 8.40. The maximum absolute atomic E-state index is 13.9. The highest BCUT2D eigenvalue weighted by molar-refractivity contribution is 7.99. The van der Waals surface area contributed by atoms with Crippen LogP contribution >= 0.6 is 23.1 Å². The number of nitrogens with zero attached hydrogens (tertiary/aromatic N) is 2. The number of carbonyl (C=O) groups excluding carboxylic acids is 1. The average Bonchev–Trinajstić information content (AvgIpc) is 3.47. The second-order valence-corrected chi connectivity index (χ2v) is 10.5. The molecule has 3 aromatic rings. The number of thiophene rings is 1. The lowest BCUT2D eigenvalue weighted by Crippen LogP contribution is -2.40. The molecule has 0 atom stereocenters. The van der Waals surface area contributed by atoms with Crippen molar-refractivity contribution in [2.45, 2.75) is 62.6 Å². The van der Waals surface area contributed by atoms with Gasteiger partial charge in [0.1, 0.15) is 0 Å². The van der Waals surface area contributed by atoms with Gasteiger partial charge in [-0.1, -0.05) is 61.9 Å². The molecule has 0 saturated heterocycles. The second-order valence-electron chi connectivity index (χ2n) is 8.59. The summed E-state index contributed by atoms with van der Waals surface area (Å²) in [6, 6.07) is 12.1. The van der Waals surface area contributed by atoms with Crippen molar-refractivity contribution in [3.8, 4) is 11.3 Å². The van der Waals surface area contributed by atoms with Crippen LogP contribution < -0.4 is 5.56 Å². The first-order chi connectivity index (χ1) is 15.1. The van der Waals surface area contributed by atoms with Crippen molar-refractivity contribution in [1.29, 1.82) is 0 Å². The molecule has 31 heavy (non-hydrogen) atoms. The van der Waals surface area contributed by atoms with Gasteiger partial charge in [0.25, 0.3) is 5.56 Å². The van der Waals surface area contributed by atoms with Gasteiger partial charge >= 0.3 is 0 Å². The summed E-state index contributed by atoms with van der Waals surface area (Å²) < 4.78 is 1.83. The van der Waals surface area contributed by atoms with E-state index in [1.54, 1.807) is 0 Å². The van der Waals surface area contributed by atoms with E-state index in [2.05, 4.69) is 25.1 Å². The van der Waals surface area contributed by atoms with E-state index in [9.17, 15) is 9.59 Å². The Morgan fingerprint density at radius 1 is 1.19 bits per heavy atom. The van der Waals surface area contributed by atoms with Crippen molar-refractivity contribution in [2.24, 2.45) is 0 Å². The molecule has 2 aliphatic carbocycles. The van der Waals surface area contributed by atoms with E-state index < -0.39 is 0 Å². The third-order valence-corrected chi connectivity index (χ3v) is 8.49. The number of aromatic nitrogens is 2. The summed E-state index contributed by atoms with van der Waals surface area (Å²) in [6.07, 6.45) is 6.24. The summed E-state index contributed by atoms with van der Waals surface area (Å²) in [5.41, 5.74) is 4.18. The maximum Gasteiger partial charge on any atom is 0.258 e. The van der Waals surface area contributed by atoms with Crippen molar-refractivity contribution in [3.05, 3.63) is 68.1 Å². The van der Waals surface area contributed by atoms with Crippen LogP contribution in [0.2, 0.25) is 0 Å². The quantitative estimate of drug-likeness (QED) is 0.274. The van der Waals surface area contributed by atoms with Crippen molar-refractivity contribution in [1.82, 2.24) is 9.55 Å². The summed E-state index contributed by atoms with van der Waals surface area (Å²) in [4.78, 5) is 32.3. The Balaban J connectivity index is 1.63.